The van der Waals surface area contributed by atoms with Gasteiger partial charge in [-0.3, -0.25) is 9.79 Å². The number of nitrogens with two attached hydrogens (primary N) is 1. The Morgan fingerprint density at radius 2 is 1.87 bits per heavy atom. The predicted octanol–water partition coefficient (Wildman–Crippen LogP) is 2.66. The van der Waals surface area contributed by atoms with E-state index in [0.29, 0.717) is 5.92 Å². The SMILES string of the molecule is CN=C(NCCCCN1CCC(C(N)=O)CC1)N1CCC(c2ccc(OC)cc2)C1.I. The number of carbonyl (C=O) groups excluding carboxylic acids is 1. The van der Waals surface area contributed by atoms with E-state index < -0.39 is 0 Å². The summed E-state index contributed by atoms with van der Waals surface area (Å²) in [4.78, 5) is 20.6. The van der Waals surface area contributed by atoms with Crippen LogP contribution >= 0.6 is 24.0 Å². The molecule has 1 amide bonds. The first-order valence-electron chi connectivity index (χ1n) is 11.2. The van der Waals surface area contributed by atoms with E-state index >= 15 is 0 Å². The zero-order valence-electron chi connectivity index (χ0n) is 18.9. The maximum Gasteiger partial charge on any atom is 0.220 e. The third-order valence-corrected chi connectivity index (χ3v) is 6.46. The Morgan fingerprint density at radius 1 is 1.16 bits per heavy atom. The zero-order chi connectivity index (χ0) is 21.3. The molecule has 0 radical (unpaired) electrons. The van der Waals surface area contributed by atoms with Crippen molar-refractivity contribution in [3.8, 4) is 5.75 Å². The van der Waals surface area contributed by atoms with Gasteiger partial charge in [-0.15, -0.1) is 24.0 Å². The smallest absolute Gasteiger partial charge is 0.220 e. The molecule has 2 fully saturated rings. The summed E-state index contributed by atoms with van der Waals surface area (Å²) in [5.74, 6) is 2.39. The van der Waals surface area contributed by atoms with E-state index in [-0.39, 0.29) is 35.8 Å². The average Bonchev–Trinajstić information content (AvgIpc) is 3.26. The summed E-state index contributed by atoms with van der Waals surface area (Å²) in [6.45, 7) is 6.04. The summed E-state index contributed by atoms with van der Waals surface area (Å²) in [6, 6.07) is 8.44. The van der Waals surface area contributed by atoms with Crippen molar-refractivity contribution in [2.75, 3.05) is 53.4 Å². The van der Waals surface area contributed by atoms with Crippen molar-refractivity contribution >= 4 is 35.8 Å². The lowest BCUT2D eigenvalue weighted by atomic mass is 9.96. The predicted molar refractivity (Wildman–Crippen MR) is 136 cm³/mol. The van der Waals surface area contributed by atoms with Crippen LogP contribution < -0.4 is 15.8 Å². The maximum atomic E-state index is 11.3. The fourth-order valence-electron chi connectivity index (χ4n) is 4.53. The van der Waals surface area contributed by atoms with Crippen LogP contribution in [0.2, 0.25) is 0 Å². The minimum absolute atomic E-state index is 0. The second-order valence-corrected chi connectivity index (χ2v) is 8.40. The lowest BCUT2D eigenvalue weighted by Gasteiger charge is -2.30. The van der Waals surface area contributed by atoms with Gasteiger partial charge >= 0.3 is 0 Å². The van der Waals surface area contributed by atoms with E-state index in [9.17, 15) is 4.79 Å². The molecule has 0 bridgehead atoms. The number of hydrogen-bond donors (Lipinski definition) is 2. The number of nitrogens with one attached hydrogen (secondary N) is 1. The molecule has 7 nitrogen and oxygen atoms in total. The van der Waals surface area contributed by atoms with Crippen molar-refractivity contribution in [2.24, 2.45) is 16.6 Å². The van der Waals surface area contributed by atoms with Gasteiger partial charge in [0.05, 0.1) is 7.11 Å². The Morgan fingerprint density at radius 3 is 2.48 bits per heavy atom. The van der Waals surface area contributed by atoms with Crippen molar-refractivity contribution in [1.29, 1.82) is 0 Å². The van der Waals surface area contributed by atoms with Gasteiger partial charge in [0, 0.05) is 38.5 Å². The number of methoxy groups -OCH3 is 1. The van der Waals surface area contributed by atoms with Crippen molar-refractivity contribution in [2.45, 2.75) is 38.0 Å². The molecule has 0 saturated carbocycles. The number of ether oxygens (including phenoxy) is 1. The fourth-order valence-corrected chi connectivity index (χ4v) is 4.53. The molecule has 0 spiro atoms. The number of carbonyl (C=O) groups is 1. The number of unbranched alkanes of at least 4 members (excludes halogenated alkanes) is 1. The number of likely N-dealkylation sites (tertiary alicyclic amines) is 2. The number of piperidine rings is 1. The molecule has 1 aromatic carbocycles. The Balaban J connectivity index is 0.00000341. The third kappa shape index (κ3) is 7.52. The van der Waals surface area contributed by atoms with E-state index in [1.54, 1.807) is 7.11 Å². The molecule has 2 aliphatic rings. The summed E-state index contributed by atoms with van der Waals surface area (Å²) in [6.07, 6.45) is 5.23. The Hall–Kier alpha value is -1.55. The lowest BCUT2D eigenvalue weighted by molar-refractivity contribution is -0.123. The fraction of sp³-hybridized carbons (Fsp3) is 0.652. The van der Waals surface area contributed by atoms with Crippen LogP contribution in [0.5, 0.6) is 5.75 Å². The average molecular weight is 543 g/mol. The molecule has 1 aromatic rings. The van der Waals surface area contributed by atoms with E-state index in [1.807, 2.05) is 19.2 Å². The van der Waals surface area contributed by atoms with Crippen molar-refractivity contribution in [1.82, 2.24) is 15.1 Å². The molecule has 8 heteroatoms. The first-order valence-corrected chi connectivity index (χ1v) is 11.2. The topological polar surface area (TPSA) is 83.2 Å². The van der Waals surface area contributed by atoms with Crippen LogP contribution in [0.1, 0.15) is 43.6 Å². The van der Waals surface area contributed by atoms with Gasteiger partial charge in [-0.05, 0) is 69.4 Å². The van der Waals surface area contributed by atoms with E-state index in [1.165, 1.54) is 5.56 Å². The van der Waals surface area contributed by atoms with E-state index in [0.717, 1.165) is 83.1 Å². The minimum Gasteiger partial charge on any atom is -0.497 e. The summed E-state index contributed by atoms with van der Waals surface area (Å²) >= 11 is 0. The Bertz CT molecular complexity index is 704. The summed E-state index contributed by atoms with van der Waals surface area (Å²) in [5, 5.41) is 3.54. The number of hydrogen-bond acceptors (Lipinski definition) is 4. The van der Waals surface area contributed by atoms with Gasteiger partial charge in [-0.25, -0.2) is 0 Å². The van der Waals surface area contributed by atoms with Crippen LogP contribution in [0, 0.1) is 5.92 Å². The number of aliphatic imine (C=N–C) groups is 1. The molecule has 31 heavy (non-hydrogen) atoms. The Labute approximate surface area is 203 Å². The number of rotatable bonds is 8. The summed E-state index contributed by atoms with van der Waals surface area (Å²) in [7, 11) is 3.57. The highest BCUT2D eigenvalue weighted by Crippen LogP contribution is 2.28. The first-order chi connectivity index (χ1) is 14.6. The van der Waals surface area contributed by atoms with Gasteiger partial charge in [-0.1, -0.05) is 12.1 Å². The van der Waals surface area contributed by atoms with Crippen LogP contribution in [0.3, 0.4) is 0 Å². The lowest BCUT2D eigenvalue weighted by Crippen LogP contribution is -2.41. The Kier molecular flexibility index (Phi) is 10.9. The highest BCUT2D eigenvalue weighted by atomic mass is 127. The first kappa shape index (κ1) is 25.7. The number of amides is 1. The second-order valence-electron chi connectivity index (χ2n) is 8.40. The molecule has 1 unspecified atom stereocenters. The van der Waals surface area contributed by atoms with E-state index in [4.69, 9.17) is 10.5 Å². The highest BCUT2D eigenvalue weighted by Gasteiger charge is 2.26. The van der Waals surface area contributed by atoms with Gasteiger partial charge < -0.3 is 25.6 Å². The molecule has 0 aliphatic carbocycles. The number of halogens is 1. The number of primary amides is 1. The van der Waals surface area contributed by atoms with Crippen molar-refractivity contribution in [3.63, 3.8) is 0 Å². The van der Waals surface area contributed by atoms with Crippen LogP contribution in [0.25, 0.3) is 0 Å². The van der Waals surface area contributed by atoms with Gasteiger partial charge in [-0.2, -0.15) is 0 Å². The number of guanidine groups is 1. The highest BCUT2D eigenvalue weighted by molar-refractivity contribution is 14.0. The van der Waals surface area contributed by atoms with Gasteiger partial charge in [0.2, 0.25) is 5.91 Å². The summed E-state index contributed by atoms with van der Waals surface area (Å²) in [5.41, 5.74) is 6.78. The van der Waals surface area contributed by atoms with E-state index in [2.05, 4.69) is 32.2 Å². The number of benzene rings is 1. The standard InChI is InChI=1S/C23H37N5O2.HI/c1-25-23(26-12-3-4-13-27-14-9-19(10-15-27)22(24)29)28-16-11-20(17-28)18-5-7-21(30-2)8-6-18;/h5-8,19-20H,3-4,9-17H2,1-2H3,(H2,24,29)(H,25,26);1H. The van der Waals surface area contributed by atoms with Gasteiger partial charge in [0.25, 0.3) is 0 Å². The molecule has 1 atom stereocenters. The maximum absolute atomic E-state index is 11.3. The molecular formula is C23H38IN5O2. The summed E-state index contributed by atoms with van der Waals surface area (Å²) < 4.78 is 5.26. The molecular weight excluding hydrogens is 505 g/mol. The second kappa shape index (κ2) is 13.1. The van der Waals surface area contributed by atoms with Crippen LogP contribution in [-0.4, -0.2) is 75.1 Å². The van der Waals surface area contributed by atoms with Crippen molar-refractivity contribution in [3.05, 3.63) is 29.8 Å². The van der Waals surface area contributed by atoms with Crippen LogP contribution in [0.15, 0.2) is 29.3 Å². The van der Waals surface area contributed by atoms with Gasteiger partial charge in [0.15, 0.2) is 5.96 Å². The monoisotopic (exact) mass is 543 g/mol. The minimum atomic E-state index is -0.138. The normalized spacial score (nSPS) is 20.4. The molecule has 174 valence electrons. The molecule has 3 rings (SSSR count). The molecule has 2 heterocycles. The quantitative estimate of drug-likeness (QED) is 0.228. The number of nitrogens with zero attached hydrogens (tertiary/aromatic N) is 3. The van der Waals surface area contributed by atoms with Gasteiger partial charge in [0.1, 0.15) is 5.75 Å². The molecule has 0 aromatic heterocycles. The molecule has 2 saturated heterocycles. The van der Waals surface area contributed by atoms with Crippen molar-refractivity contribution < 1.29 is 9.53 Å². The van der Waals surface area contributed by atoms with Crippen LogP contribution in [0.4, 0.5) is 0 Å². The van der Waals surface area contributed by atoms with Crippen LogP contribution in [-0.2, 0) is 4.79 Å². The largest absolute Gasteiger partial charge is 0.497 e. The molecule has 2 aliphatic heterocycles. The molecule has 3 N–H and O–H groups in total. The third-order valence-electron chi connectivity index (χ3n) is 6.46. The zero-order valence-corrected chi connectivity index (χ0v) is 21.2.